The first-order valence-electron chi connectivity index (χ1n) is 4.64. The Balaban J connectivity index is 2.51. The standard InChI is InChI=1S/C8H13N3O3S2/c1-11-8(9-6(12)7(13)10-11)16-5-3-14-2-4-15/h15H,2-5H2,1H3,(H,10,13). The Kier molecular flexibility index (Phi) is 5.64. The number of aromatic nitrogens is 3. The molecule has 1 aromatic rings. The number of hydrogen-bond acceptors (Lipinski definition) is 6. The van der Waals surface area contributed by atoms with Gasteiger partial charge in [0.2, 0.25) is 0 Å². The topological polar surface area (TPSA) is 77.0 Å². The Bertz CT molecular complexity index is 443. The summed E-state index contributed by atoms with van der Waals surface area (Å²) < 4.78 is 6.64. The molecule has 0 fully saturated rings. The van der Waals surface area contributed by atoms with E-state index in [-0.39, 0.29) is 0 Å². The molecule has 0 radical (unpaired) electrons. The van der Waals surface area contributed by atoms with Gasteiger partial charge in [0.1, 0.15) is 0 Å². The molecule has 0 saturated carbocycles. The van der Waals surface area contributed by atoms with Crippen LogP contribution in [0, 0.1) is 0 Å². The Labute approximate surface area is 102 Å². The van der Waals surface area contributed by atoms with E-state index in [9.17, 15) is 9.59 Å². The van der Waals surface area contributed by atoms with E-state index in [4.69, 9.17) is 4.74 Å². The molecule has 16 heavy (non-hydrogen) atoms. The second kappa shape index (κ2) is 6.77. The van der Waals surface area contributed by atoms with Crippen LogP contribution in [0.5, 0.6) is 0 Å². The maximum absolute atomic E-state index is 11.0. The number of thiol groups is 1. The fraction of sp³-hybridized carbons (Fsp3) is 0.625. The molecule has 0 atom stereocenters. The van der Waals surface area contributed by atoms with Gasteiger partial charge in [-0.05, 0) is 0 Å². The summed E-state index contributed by atoms with van der Waals surface area (Å²) in [5, 5.41) is 2.84. The maximum atomic E-state index is 11.0. The van der Waals surface area contributed by atoms with Crippen LogP contribution < -0.4 is 11.1 Å². The van der Waals surface area contributed by atoms with E-state index in [1.807, 2.05) is 0 Å². The summed E-state index contributed by atoms with van der Waals surface area (Å²) in [6.07, 6.45) is 0. The zero-order valence-corrected chi connectivity index (χ0v) is 10.5. The molecule has 0 aliphatic carbocycles. The monoisotopic (exact) mass is 263 g/mol. The molecular weight excluding hydrogens is 250 g/mol. The quantitative estimate of drug-likeness (QED) is 0.313. The van der Waals surface area contributed by atoms with Gasteiger partial charge >= 0.3 is 11.1 Å². The van der Waals surface area contributed by atoms with Crippen LogP contribution in [0.2, 0.25) is 0 Å². The van der Waals surface area contributed by atoms with Crippen LogP contribution >= 0.6 is 24.4 Å². The van der Waals surface area contributed by atoms with Crippen molar-refractivity contribution in [1.82, 2.24) is 14.8 Å². The van der Waals surface area contributed by atoms with Crippen molar-refractivity contribution < 1.29 is 4.74 Å². The molecule has 0 bridgehead atoms. The highest BCUT2D eigenvalue weighted by Crippen LogP contribution is 2.10. The van der Waals surface area contributed by atoms with Gasteiger partial charge < -0.3 is 4.74 Å². The summed E-state index contributed by atoms with van der Waals surface area (Å²) in [6.45, 7) is 1.15. The highest BCUT2D eigenvalue weighted by molar-refractivity contribution is 7.99. The summed E-state index contributed by atoms with van der Waals surface area (Å²) in [7, 11) is 1.63. The molecule has 90 valence electrons. The van der Waals surface area contributed by atoms with Gasteiger partial charge in [-0.15, -0.1) is 0 Å². The average molecular weight is 263 g/mol. The van der Waals surface area contributed by atoms with Crippen molar-refractivity contribution in [3.63, 3.8) is 0 Å². The molecule has 0 saturated heterocycles. The van der Waals surface area contributed by atoms with Gasteiger partial charge in [0.05, 0.1) is 13.2 Å². The Morgan fingerprint density at radius 3 is 2.94 bits per heavy atom. The van der Waals surface area contributed by atoms with E-state index in [1.54, 1.807) is 7.05 Å². The molecule has 0 aliphatic rings. The van der Waals surface area contributed by atoms with Gasteiger partial charge in [0.15, 0.2) is 5.16 Å². The Morgan fingerprint density at radius 2 is 2.25 bits per heavy atom. The van der Waals surface area contributed by atoms with Crippen molar-refractivity contribution in [3.05, 3.63) is 20.7 Å². The fourth-order valence-electron chi connectivity index (χ4n) is 0.948. The highest BCUT2D eigenvalue weighted by Gasteiger charge is 2.03. The second-order valence-electron chi connectivity index (χ2n) is 2.88. The third kappa shape index (κ3) is 4.03. The van der Waals surface area contributed by atoms with E-state index in [0.717, 1.165) is 0 Å². The minimum Gasteiger partial charge on any atom is -0.380 e. The van der Waals surface area contributed by atoms with Gasteiger partial charge in [0.25, 0.3) is 0 Å². The molecule has 0 unspecified atom stereocenters. The van der Waals surface area contributed by atoms with Crippen molar-refractivity contribution in [1.29, 1.82) is 0 Å². The Morgan fingerprint density at radius 1 is 1.50 bits per heavy atom. The number of nitrogens with zero attached hydrogens (tertiary/aromatic N) is 2. The molecule has 1 heterocycles. The molecule has 1 rings (SSSR count). The maximum Gasteiger partial charge on any atom is 0.339 e. The molecule has 0 aromatic carbocycles. The van der Waals surface area contributed by atoms with Crippen LogP contribution in [0.4, 0.5) is 0 Å². The van der Waals surface area contributed by atoms with Gasteiger partial charge in [-0.1, -0.05) is 11.8 Å². The van der Waals surface area contributed by atoms with Gasteiger partial charge in [-0.2, -0.15) is 17.6 Å². The summed E-state index contributed by atoms with van der Waals surface area (Å²) in [6, 6.07) is 0. The van der Waals surface area contributed by atoms with E-state index in [1.165, 1.54) is 16.4 Å². The number of ether oxygens (including phenoxy) is 1. The van der Waals surface area contributed by atoms with E-state index in [2.05, 4.69) is 22.7 Å². The third-order valence-corrected chi connectivity index (χ3v) is 2.82. The molecule has 8 heteroatoms. The van der Waals surface area contributed by atoms with Gasteiger partial charge in [-0.3, -0.25) is 19.4 Å². The molecule has 0 aliphatic heterocycles. The van der Waals surface area contributed by atoms with Gasteiger partial charge in [0, 0.05) is 18.6 Å². The third-order valence-electron chi connectivity index (χ3n) is 1.64. The summed E-state index contributed by atoms with van der Waals surface area (Å²) in [5.41, 5.74) is -1.48. The Hall–Kier alpha value is -0.730. The lowest BCUT2D eigenvalue weighted by molar-refractivity contribution is 0.167. The second-order valence-corrected chi connectivity index (χ2v) is 4.39. The summed E-state index contributed by atoms with van der Waals surface area (Å²) in [5.74, 6) is 1.35. The largest absolute Gasteiger partial charge is 0.380 e. The van der Waals surface area contributed by atoms with Crippen molar-refractivity contribution in [2.75, 3.05) is 24.7 Å². The molecular formula is C8H13N3O3S2. The highest BCUT2D eigenvalue weighted by atomic mass is 32.2. The number of H-pyrrole nitrogens is 1. The lowest BCUT2D eigenvalue weighted by atomic mass is 10.8. The van der Waals surface area contributed by atoms with Crippen molar-refractivity contribution in [2.24, 2.45) is 7.05 Å². The van der Waals surface area contributed by atoms with Crippen LogP contribution in [-0.4, -0.2) is 39.5 Å². The number of nitrogens with one attached hydrogen (secondary N) is 1. The molecule has 6 nitrogen and oxygen atoms in total. The van der Waals surface area contributed by atoms with Crippen molar-refractivity contribution in [2.45, 2.75) is 5.16 Å². The summed E-state index contributed by atoms with van der Waals surface area (Å²) >= 11 is 5.36. The minimum absolute atomic E-state index is 0.471. The zero-order valence-electron chi connectivity index (χ0n) is 8.80. The van der Waals surface area contributed by atoms with Crippen molar-refractivity contribution >= 4 is 24.4 Å². The zero-order chi connectivity index (χ0) is 12.0. The predicted molar refractivity (Wildman–Crippen MR) is 65.5 cm³/mol. The van der Waals surface area contributed by atoms with Crippen LogP contribution in [0.15, 0.2) is 14.7 Å². The normalized spacial score (nSPS) is 10.6. The fourth-order valence-corrected chi connectivity index (χ4v) is 1.85. The van der Waals surface area contributed by atoms with Crippen LogP contribution in [-0.2, 0) is 11.8 Å². The first kappa shape index (κ1) is 13.3. The lowest BCUT2D eigenvalue weighted by Gasteiger charge is -2.05. The molecule has 1 N–H and O–H groups in total. The van der Waals surface area contributed by atoms with E-state index >= 15 is 0 Å². The van der Waals surface area contributed by atoms with E-state index < -0.39 is 11.1 Å². The number of aryl methyl sites for hydroxylation is 1. The average Bonchev–Trinajstić information content (AvgIpc) is 2.25. The van der Waals surface area contributed by atoms with Gasteiger partial charge in [-0.25, -0.2) is 0 Å². The minimum atomic E-state index is -0.767. The smallest absolute Gasteiger partial charge is 0.339 e. The molecule has 0 spiro atoms. The van der Waals surface area contributed by atoms with E-state index in [0.29, 0.717) is 29.9 Å². The predicted octanol–water partition coefficient (Wildman–Crippen LogP) is -0.493. The molecule has 0 amide bonds. The first-order chi connectivity index (χ1) is 7.65. The summed E-state index contributed by atoms with van der Waals surface area (Å²) in [4.78, 5) is 25.6. The molecule has 1 aromatic heterocycles. The number of hydrogen-bond donors (Lipinski definition) is 2. The van der Waals surface area contributed by atoms with Crippen LogP contribution in [0.3, 0.4) is 0 Å². The number of thioether (sulfide) groups is 1. The van der Waals surface area contributed by atoms with Crippen molar-refractivity contribution in [3.8, 4) is 0 Å². The lowest BCUT2D eigenvalue weighted by Crippen LogP contribution is -2.33. The van der Waals surface area contributed by atoms with Crippen LogP contribution in [0.1, 0.15) is 0 Å². The number of aromatic amines is 1. The SMILES string of the molecule is Cn1[nH]c(=O)c(=O)nc1SCCOCCS. The first-order valence-corrected chi connectivity index (χ1v) is 6.25. The number of rotatable bonds is 6. The van der Waals surface area contributed by atoms with Crippen LogP contribution in [0.25, 0.3) is 0 Å².